The maximum atomic E-state index is 14.2. The molecular weight excluding hydrogens is 464 g/mol. The van der Waals surface area contributed by atoms with E-state index in [1.807, 2.05) is 18.3 Å². The second kappa shape index (κ2) is 9.74. The largest absolute Gasteiger partial charge is 0.375 e. The summed E-state index contributed by atoms with van der Waals surface area (Å²) < 4.78 is 0. The number of fused-ring (bicyclic) bond motifs is 3. The van der Waals surface area contributed by atoms with Crippen molar-refractivity contribution in [2.24, 2.45) is 11.8 Å². The summed E-state index contributed by atoms with van der Waals surface area (Å²) >= 11 is 0. The summed E-state index contributed by atoms with van der Waals surface area (Å²) in [4.78, 5) is 37.1. The summed E-state index contributed by atoms with van der Waals surface area (Å²) in [6.45, 7) is 0.689. The molecule has 2 aliphatic heterocycles. The van der Waals surface area contributed by atoms with E-state index in [0.717, 1.165) is 49.2 Å². The van der Waals surface area contributed by atoms with Gasteiger partial charge in [-0.1, -0.05) is 31.0 Å². The van der Waals surface area contributed by atoms with Crippen molar-refractivity contribution in [1.29, 1.82) is 5.26 Å². The lowest BCUT2D eigenvalue weighted by atomic mass is 9.80. The first-order chi connectivity index (χ1) is 18.1. The average Bonchev–Trinajstić information content (AvgIpc) is 3.64. The minimum absolute atomic E-state index is 0.00550. The molecule has 8 heteroatoms. The van der Waals surface area contributed by atoms with E-state index in [-0.39, 0.29) is 41.8 Å². The number of carbonyl (C=O) groups is 2. The van der Waals surface area contributed by atoms with Gasteiger partial charge in [0.2, 0.25) is 5.91 Å². The number of hydrogen-bond acceptors (Lipinski definition) is 5. The van der Waals surface area contributed by atoms with Crippen molar-refractivity contribution in [3.8, 4) is 6.07 Å². The average molecular weight is 495 g/mol. The zero-order valence-electron chi connectivity index (χ0n) is 20.6. The zero-order valence-corrected chi connectivity index (χ0v) is 20.6. The Balaban J connectivity index is 1.25. The number of hydrogen-bond donors (Lipinski definition) is 3. The number of benzene rings is 2. The summed E-state index contributed by atoms with van der Waals surface area (Å²) in [5.74, 6) is 0.786. The van der Waals surface area contributed by atoms with Gasteiger partial charge < -0.3 is 20.5 Å². The minimum atomic E-state index is -0.251. The maximum absolute atomic E-state index is 14.2. The molecule has 2 fully saturated rings. The van der Waals surface area contributed by atoms with Crippen LogP contribution in [0.5, 0.6) is 0 Å². The van der Waals surface area contributed by atoms with Crippen LogP contribution in [0.3, 0.4) is 0 Å². The number of para-hydroxylation sites is 1. The quantitative estimate of drug-likeness (QED) is 0.500. The fourth-order valence-corrected chi connectivity index (χ4v) is 6.45. The molecule has 6 rings (SSSR count). The number of H-pyrrole nitrogens is 1. The van der Waals surface area contributed by atoms with Crippen LogP contribution in [0.15, 0.2) is 60.9 Å². The molecule has 1 saturated heterocycles. The predicted molar refractivity (Wildman–Crippen MR) is 138 cm³/mol. The lowest BCUT2D eigenvalue weighted by Crippen LogP contribution is -2.50. The number of nitriles is 1. The Labute approximate surface area is 216 Å². The van der Waals surface area contributed by atoms with Gasteiger partial charge in [-0.25, -0.2) is 4.98 Å². The number of imidazole rings is 1. The van der Waals surface area contributed by atoms with E-state index in [4.69, 9.17) is 5.26 Å². The highest BCUT2D eigenvalue weighted by Crippen LogP contribution is 2.51. The van der Waals surface area contributed by atoms with Crippen LogP contribution in [0.2, 0.25) is 0 Å². The molecule has 188 valence electrons. The lowest BCUT2D eigenvalue weighted by Gasteiger charge is -2.41. The molecule has 0 spiro atoms. The summed E-state index contributed by atoms with van der Waals surface area (Å²) in [6, 6.07) is 16.7. The SMILES string of the molecule is N#Cc1ccc(C(=O)N[C@@H]2CCCC[C@@H]2C(=O)N2CC[C@@H]3[C@@H](c4ncc[nH]4)Nc4ccccc4[C@@H]32)cc1. The molecular formula is C29H30N6O2. The molecule has 0 bridgehead atoms. The highest BCUT2D eigenvalue weighted by atomic mass is 16.2. The number of nitrogens with one attached hydrogen (secondary N) is 3. The number of aromatic nitrogens is 2. The normalized spacial score (nSPS) is 26.4. The number of rotatable bonds is 4. The Hall–Kier alpha value is -4.12. The lowest BCUT2D eigenvalue weighted by molar-refractivity contribution is -0.138. The number of nitrogens with zero attached hydrogens (tertiary/aromatic N) is 3. The fourth-order valence-electron chi connectivity index (χ4n) is 6.45. The fraction of sp³-hybridized carbons (Fsp3) is 0.379. The molecule has 3 aliphatic rings. The van der Waals surface area contributed by atoms with Crippen molar-refractivity contribution in [3.05, 3.63) is 83.4 Å². The molecule has 2 aromatic carbocycles. The molecule has 3 heterocycles. The van der Waals surface area contributed by atoms with Gasteiger partial charge in [-0.2, -0.15) is 5.26 Å². The van der Waals surface area contributed by atoms with Crippen LogP contribution in [-0.4, -0.2) is 39.3 Å². The van der Waals surface area contributed by atoms with Crippen molar-refractivity contribution in [2.75, 3.05) is 11.9 Å². The number of amides is 2. The second-order valence-corrected chi connectivity index (χ2v) is 10.3. The first-order valence-electron chi connectivity index (χ1n) is 13.1. The van der Waals surface area contributed by atoms with Gasteiger partial charge in [0.15, 0.2) is 0 Å². The van der Waals surface area contributed by atoms with Crippen LogP contribution in [-0.2, 0) is 4.79 Å². The zero-order chi connectivity index (χ0) is 25.4. The molecule has 1 aliphatic carbocycles. The molecule has 2 amide bonds. The Kier molecular flexibility index (Phi) is 6.13. The van der Waals surface area contributed by atoms with E-state index in [0.29, 0.717) is 17.7 Å². The van der Waals surface area contributed by atoms with Crippen LogP contribution in [0.4, 0.5) is 5.69 Å². The monoisotopic (exact) mass is 494 g/mol. The highest BCUT2D eigenvalue weighted by Gasteiger charge is 2.49. The smallest absolute Gasteiger partial charge is 0.251 e. The van der Waals surface area contributed by atoms with Gasteiger partial charge in [-0.15, -0.1) is 0 Å². The summed E-state index contributed by atoms with van der Waals surface area (Å²) in [6.07, 6.45) is 8.02. The van der Waals surface area contributed by atoms with Crippen LogP contribution >= 0.6 is 0 Å². The van der Waals surface area contributed by atoms with Crippen LogP contribution in [0.1, 0.15) is 71.5 Å². The third-order valence-electron chi connectivity index (χ3n) is 8.24. The van der Waals surface area contributed by atoms with E-state index in [9.17, 15) is 9.59 Å². The first-order valence-corrected chi connectivity index (χ1v) is 13.1. The highest BCUT2D eigenvalue weighted by molar-refractivity contribution is 5.95. The van der Waals surface area contributed by atoms with Gasteiger partial charge in [-0.05, 0) is 55.2 Å². The van der Waals surface area contributed by atoms with Crippen molar-refractivity contribution in [1.82, 2.24) is 20.2 Å². The maximum Gasteiger partial charge on any atom is 0.251 e. The van der Waals surface area contributed by atoms with Crippen molar-refractivity contribution in [2.45, 2.75) is 50.2 Å². The Bertz CT molecular complexity index is 1330. The minimum Gasteiger partial charge on any atom is -0.375 e. The third-order valence-corrected chi connectivity index (χ3v) is 8.24. The van der Waals surface area contributed by atoms with Gasteiger partial charge in [0, 0.05) is 42.1 Å². The van der Waals surface area contributed by atoms with Crippen LogP contribution < -0.4 is 10.6 Å². The standard InChI is InChI=1S/C29H30N6O2/c30-17-18-9-11-19(12-10-18)28(36)34-24-8-4-2-6-21(24)29(37)35-16-13-22-25(27-31-14-15-32-27)33-23-7-3-1-5-20(23)26(22)35/h1,3,5,7,9-12,14-15,21-22,24-26,33H,2,4,6,8,13,16H2,(H,31,32)(H,34,36)/t21-,22+,24+,25-,26-/m0/s1. The molecule has 0 radical (unpaired) electrons. The molecule has 3 aromatic rings. The number of carbonyl (C=O) groups excluding carboxylic acids is 2. The van der Waals surface area contributed by atoms with E-state index >= 15 is 0 Å². The van der Waals surface area contributed by atoms with Gasteiger partial charge in [0.1, 0.15) is 5.82 Å². The van der Waals surface area contributed by atoms with Gasteiger partial charge in [-0.3, -0.25) is 9.59 Å². The van der Waals surface area contributed by atoms with Crippen LogP contribution in [0.25, 0.3) is 0 Å². The van der Waals surface area contributed by atoms with Gasteiger partial charge in [0.05, 0.1) is 29.6 Å². The molecule has 3 N–H and O–H groups in total. The number of aromatic amines is 1. The summed E-state index contributed by atoms with van der Waals surface area (Å²) in [7, 11) is 0. The molecule has 37 heavy (non-hydrogen) atoms. The summed E-state index contributed by atoms with van der Waals surface area (Å²) in [5.41, 5.74) is 3.21. The Morgan fingerprint density at radius 1 is 1.05 bits per heavy atom. The first kappa shape index (κ1) is 23.3. The molecule has 1 aromatic heterocycles. The predicted octanol–water partition coefficient (Wildman–Crippen LogP) is 4.33. The molecule has 1 saturated carbocycles. The van der Waals surface area contributed by atoms with Crippen molar-refractivity contribution in [3.63, 3.8) is 0 Å². The topological polar surface area (TPSA) is 114 Å². The van der Waals surface area contributed by atoms with Crippen molar-refractivity contribution >= 4 is 17.5 Å². The van der Waals surface area contributed by atoms with Crippen LogP contribution in [0, 0.1) is 23.2 Å². The molecule has 8 nitrogen and oxygen atoms in total. The molecule has 0 unspecified atom stereocenters. The Morgan fingerprint density at radius 2 is 1.86 bits per heavy atom. The van der Waals surface area contributed by atoms with E-state index < -0.39 is 0 Å². The van der Waals surface area contributed by atoms with E-state index in [2.05, 4.69) is 43.7 Å². The van der Waals surface area contributed by atoms with Crippen molar-refractivity contribution < 1.29 is 9.59 Å². The van der Waals surface area contributed by atoms with Gasteiger partial charge in [0.25, 0.3) is 5.91 Å². The third kappa shape index (κ3) is 4.25. The molecule has 5 atom stereocenters. The van der Waals surface area contributed by atoms with E-state index in [1.54, 1.807) is 30.5 Å². The van der Waals surface area contributed by atoms with E-state index in [1.165, 1.54) is 0 Å². The van der Waals surface area contributed by atoms with Gasteiger partial charge >= 0.3 is 0 Å². The number of likely N-dealkylation sites (tertiary alicyclic amines) is 1. The number of anilines is 1. The second-order valence-electron chi connectivity index (χ2n) is 10.3. The Morgan fingerprint density at radius 3 is 2.65 bits per heavy atom. The summed E-state index contributed by atoms with van der Waals surface area (Å²) in [5, 5.41) is 15.9.